The molecule has 1 heterocycles. The molecule has 0 unspecified atom stereocenters. The van der Waals surface area contributed by atoms with E-state index in [1.54, 1.807) is 0 Å². The van der Waals surface area contributed by atoms with Crippen molar-refractivity contribution in [1.29, 1.82) is 0 Å². The van der Waals surface area contributed by atoms with Gasteiger partial charge in [-0.05, 0) is 31.1 Å². The summed E-state index contributed by atoms with van der Waals surface area (Å²) in [6.07, 6.45) is 6.77. The highest BCUT2D eigenvalue weighted by Crippen LogP contribution is 2.62. The summed E-state index contributed by atoms with van der Waals surface area (Å²) in [5, 5.41) is 12.6. The molecule has 1 aromatic rings. The Labute approximate surface area is 98.5 Å². The lowest BCUT2D eigenvalue weighted by atomic mass is 9.52. The molecule has 1 aromatic heterocycles. The van der Waals surface area contributed by atoms with E-state index in [4.69, 9.17) is 0 Å². The molecule has 0 bridgehead atoms. The maximum atomic E-state index is 10.9. The molecular formula is C11H15N3OS. The summed E-state index contributed by atoms with van der Waals surface area (Å²) in [7, 11) is 0. The van der Waals surface area contributed by atoms with Crippen LogP contribution >= 0.6 is 11.3 Å². The van der Waals surface area contributed by atoms with Crippen molar-refractivity contribution in [3.05, 3.63) is 5.01 Å². The molecule has 1 N–H and O–H groups in total. The van der Waals surface area contributed by atoms with Gasteiger partial charge in [-0.2, -0.15) is 0 Å². The number of nitrogens with zero attached hydrogens (tertiary/aromatic N) is 2. The Bertz CT molecular complexity index is 417. The lowest BCUT2D eigenvalue weighted by Gasteiger charge is -2.53. The minimum Gasteiger partial charge on any atom is -0.301 e. The number of nitrogens with one attached hydrogen (secondary N) is 1. The molecule has 2 fully saturated rings. The molecule has 4 nitrogen and oxygen atoms in total. The van der Waals surface area contributed by atoms with Crippen LogP contribution in [0.2, 0.25) is 0 Å². The zero-order valence-electron chi connectivity index (χ0n) is 9.32. The van der Waals surface area contributed by atoms with E-state index in [0.717, 1.165) is 5.01 Å². The Morgan fingerprint density at radius 3 is 2.75 bits per heavy atom. The molecule has 0 aromatic carbocycles. The SMILES string of the molecule is CC(=O)Nc1nnc(C2CC3(CCC3)C2)s1. The molecule has 0 radical (unpaired) electrons. The van der Waals surface area contributed by atoms with Gasteiger partial charge in [0.1, 0.15) is 5.01 Å². The van der Waals surface area contributed by atoms with Gasteiger partial charge in [0.05, 0.1) is 0 Å². The first kappa shape index (κ1) is 10.2. The molecule has 1 spiro atoms. The summed E-state index contributed by atoms with van der Waals surface area (Å²) in [5.74, 6) is 0.520. The first-order valence-electron chi connectivity index (χ1n) is 5.78. The maximum absolute atomic E-state index is 10.9. The third-order valence-electron chi connectivity index (χ3n) is 3.85. The van der Waals surface area contributed by atoms with Crippen molar-refractivity contribution < 1.29 is 4.79 Å². The highest BCUT2D eigenvalue weighted by atomic mass is 32.1. The normalized spacial score (nSPS) is 22.6. The largest absolute Gasteiger partial charge is 0.301 e. The Balaban J connectivity index is 1.63. The topological polar surface area (TPSA) is 54.9 Å². The Morgan fingerprint density at radius 2 is 2.19 bits per heavy atom. The fraction of sp³-hybridized carbons (Fsp3) is 0.727. The first-order valence-corrected chi connectivity index (χ1v) is 6.60. The molecular weight excluding hydrogens is 222 g/mol. The lowest BCUT2D eigenvalue weighted by Crippen LogP contribution is -2.41. The average molecular weight is 237 g/mol. The van der Waals surface area contributed by atoms with Crippen molar-refractivity contribution >= 4 is 22.4 Å². The van der Waals surface area contributed by atoms with E-state index in [2.05, 4.69) is 15.5 Å². The Hall–Kier alpha value is -0.970. The Kier molecular flexibility index (Phi) is 2.24. The van der Waals surface area contributed by atoms with Crippen LogP contribution in [0.25, 0.3) is 0 Å². The number of carbonyl (C=O) groups excluding carboxylic acids is 1. The molecule has 0 aliphatic heterocycles. The van der Waals surface area contributed by atoms with Crippen LogP contribution in [0.15, 0.2) is 0 Å². The molecule has 0 saturated heterocycles. The van der Waals surface area contributed by atoms with Gasteiger partial charge >= 0.3 is 0 Å². The third kappa shape index (κ3) is 1.63. The van der Waals surface area contributed by atoms with E-state index in [1.165, 1.54) is 50.4 Å². The van der Waals surface area contributed by atoms with Gasteiger partial charge < -0.3 is 5.32 Å². The van der Waals surface area contributed by atoms with Crippen LogP contribution in [-0.4, -0.2) is 16.1 Å². The van der Waals surface area contributed by atoms with Crippen molar-refractivity contribution in [3.8, 4) is 0 Å². The second kappa shape index (κ2) is 3.52. The summed E-state index contributed by atoms with van der Waals surface area (Å²) < 4.78 is 0. The minimum atomic E-state index is -0.0771. The highest BCUT2D eigenvalue weighted by Gasteiger charge is 2.49. The van der Waals surface area contributed by atoms with Crippen LogP contribution in [0.3, 0.4) is 0 Å². The fourth-order valence-corrected chi connectivity index (χ4v) is 3.74. The van der Waals surface area contributed by atoms with E-state index >= 15 is 0 Å². The molecule has 1 amide bonds. The number of hydrogen-bond donors (Lipinski definition) is 1. The van der Waals surface area contributed by atoms with Crippen LogP contribution < -0.4 is 5.32 Å². The predicted molar refractivity (Wildman–Crippen MR) is 62.5 cm³/mol. The van der Waals surface area contributed by atoms with Crippen LogP contribution in [0.1, 0.15) is 50.0 Å². The molecule has 2 saturated carbocycles. The second-order valence-corrected chi connectivity index (χ2v) is 6.09. The molecule has 2 aliphatic carbocycles. The lowest BCUT2D eigenvalue weighted by molar-refractivity contribution is -0.114. The second-order valence-electron chi connectivity index (χ2n) is 5.09. The number of anilines is 1. The van der Waals surface area contributed by atoms with Crippen LogP contribution in [0, 0.1) is 5.41 Å². The van der Waals surface area contributed by atoms with Crippen LogP contribution in [0.5, 0.6) is 0 Å². The fourth-order valence-electron chi connectivity index (χ4n) is 2.85. The summed E-state index contributed by atoms with van der Waals surface area (Å²) in [6, 6.07) is 0. The van der Waals surface area contributed by atoms with Crippen molar-refractivity contribution in [3.63, 3.8) is 0 Å². The first-order chi connectivity index (χ1) is 7.67. The van der Waals surface area contributed by atoms with Gasteiger partial charge in [-0.15, -0.1) is 10.2 Å². The average Bonchev–Trinajstić information content (AvgIpc) is 2.46. The number of carbonyl (C=O) groups is 1. The summed E-state index contributed by atoms with van der Waals surface area (Å²) in [4.78, 5) is 10.9. The van der Waals surface area contributed by atoms with E-state index in [-0.39, 0.29) is 5.91 Å². The maximum Gasteiger partial charge on any atom is 0.223 e. The molecule has 16 heavy (non-hydrogen) atoms. The number of aromatic nitrogens is 2. The minimum absolute atomic E-state index is 0.0771. The molecule has 86 valence electrons. The van der Waals surface area contributed by atoms with E-state index in [0.29, 0.717) is 16.5 Å². The zero-order chi connectivity index (χ0) is 11.2. The van der Waals surface area contributed by atoms with E-state index in [9.17, 15) is 4.79 Å². The highest BCUT2D eigenvalue weighted by molar-refractivity contribution is 7.15. The smallest absolute Gasteiger partial charge is 0.223 e. The van der Waals surface area contributed by atoms with Gasteiger partial charge in [-0.1, -0.05) is 17.8 Å². The van der Waals surface area contributed by atoms with E-state index in [1.807, 2.05) is 0 Å². The summed E-state index contributed by atoms with van der Waals surface area (Å²) in [6.45, 7) is 1.49. The van der Waals surface area contributed by atoms with Gasteiger partial charge in [0.15, 0.2) is 0 Å². The summed E-state index contributed by atoms with van der Waals surface area (Å²) >= 11 is 1.53. The number of amides is 1. The number of rotatable bonds is 2. The van der Waals surface area contributed by atoms with Gasteiger partial charge in [-0.3, -0.25) is 4.79 Å². The van der Waals surface area contributed by atoms with Crippen LogP contribution in [0.4, 0.5) is 5.13 Å². The zero-order valence-corrected chi connectivity index (χ0v) is 10.1. The predicted octanol–water partition coefficient (Wildman–Crippen LogP) is 2.54. The molecule has 5 heteroatoms. The summed E-state index contributed by atoms with van der Waals surface area (Å²) in [5.41, 5.74) is 0.671. The van der Waals surface area contributed by atoms with Gasteiger partial charge in [0.2, 0.25) is 11.0 Å². The monoisotopic (exact) mass is 237 g/mol. The molecule has 2 aliphatic rings. The number of hydrogen-bond acceptors (Lipinski definition) is 4. The van der Waals surface area contributed by atoms with Crippen molar-refractivity contribution in [2.45, 2.75) is 44.9 Å². The van der Waals surface area contributed by atoms with Crippen molar-refractivity contribution in [1.82, 2.24) is 10.2 Å². The molecule has 0 atom stereocenters. The van der Waals surface area contributed by atoms with Gasteiger partial charge in [0, 0.05) is 12.8 Å². The third-order valence-corrected chi connectivity index (χ3v) is 4.85. The Morgan fingerprint density at radius 1 is 1.44 bits per heavy atom. The molecule has 3 rings (SSSR count). The van der Waals surface area contributed by atoms with Gasteiger partial charge in [0.25, 0.3) is 0 Å². The van der Waals surface area contributed by atoms with Crippen molar-refractivity contribution in [2.75, 3.05) is 5.32 Å². The van der Waals surface area contributed by atoms with Crippen molar-refractivity contribution in [2.24, 2.45) is 5.41 Å². The van der Waals surface area contributed by atoms with E-state index < -0.39 is 0 Å². The quantitative estimate of drug-likeness (QED) is 0.860. The van der Waals surface area contributed by atoms with Crippen LogP contribution in [-0.2, 0) is 4.79 Å². The van der Waals surface area contributed by atoms with Gasteiger partial charge in [-0.25, -0.2) is 0 Å². The standard InChI is InChI=1S/C11H15N3OS/c1-7(15)12-10-14-13-9(16-10)8-5-11(6-8)3-2-4-11/h8H,2-6H2,1H3,(H,12,14,15).